The topological polar surface area (TPSA) is 29.5 Å². The van der Waals surface area contributed by atoms with Gasteiger partial charge in [-0.05, 0) is 25.2 Å². The highest BCUT2D eigenvalue weighted by molar-refractivity contribution is 4.53. The third-order valence-corrected chi connectivity index (χ3v) is 4.00. The van der Waals surface area contributed by atoms with E-state index in [1.54, 1.807) is 0 Å². The van der Waals surface area contributed by atoms with Crippen LogP contribution >= 0.6 is 0 Å². The van der Waals surface area contributed by atoms with Crippen LogP contribution in [0, 0.1) is 5.92 Å². The molecule has 20 heavy (non-hydrogen) atoms. The van der Waals surface area contributed by atoms with Gasteiger partial charge in [-0.2, -0.15) is 0 Å². The summed E-state index contributed by atoms with van der Waals surface area (Å²) in [5, 5.41) is 8.67. The van der Waals surface area contributed by atoms with Crippen molar-refractivity contribution >= 4 is 0 Å². The summed E-state index contributed by atoms with van der Waals surface area (Å²) in [7, 11) is 0. The molecule has 0 aliphatic heterocycles. The number of hydrogen-bond donors (Lipinski definition) is 1. The molecule has 0 rings (SSSR count). The van der Waals surface area contributed by atoms with Crippen LogP contribution in [0.1, 0.15) is 90.9 Å². The molecule has 1 N–H and O–H groups in total. The molecule has 1 unspecified atom stereocenters. The molecular weight excluding hydrogens is 248 g/mol. The van der Waals surface area contributed by atoms with Crippen molar-refractivity contribution in [3.05, 3.63) is 0 Å². The van der Waals surface area contributed by atoms with Crippen LogP contribution in [0.2, 0.25) is 0 Å². The van der Waals surface area contributed by atoms with Crippen LogP contribution < -0.4 is 0 Å². The highest BCUT2D eigenvalue weighted by Gasteiger charge is 2.01. The molecule has 0 bridgehead atoms. The monoisotopic (exact) mass is 286 g/mol. The van der Waals surface area contributed by atoms with Crippen molar-refractivity contribution in [3.8, 4) is 0 Å². The predicted octanol–water partition coefficient (Wildman–Crippen LogP) is 5.33. The first-order valence-corrected chi connectivity index (χ1v) is 8.99. The number of aliphatic hydroxyl groups excluding tert-OH is 1. The summed E-state index contributed by atoms with van der Waals surface area (Å²) in [6, 6.07) is 0. The molecule has 2 nitrogen and oxygen atoms in total. The van der Waals surface area contributed by atoms with Gasteiger partial charge in [0.2, 0.25) is 0 Å². The summed E-state index contributed by atoms with van der Waals surface area (Å²) in [6.07, 6.45) is 15.3. The largest absolute Gasteiger partial charge is 0.396 e. The molecule has 0 saturated carbocycles. The fourth-order valence-corrected chi connectivity index (χ4v) is 2.47. The Kier molecular flexibility index (Phi) is 16.9. The molecule has 0 heterocycles. The summed E-state index contributed by atoms with van der Waals surface area (Å²) in [5.74, 6) is 0.827. The van der Waals surface area contributed by atoms with Gasteiger partial charge in [0.05, 0.1) is 0 Å². The van der Waals surface area contributed by atoms with Crippen molar-refractivity contribution in [2.75, 3.05) is 19.8 Å². The summed E-state index contributed by atoms with van der Waals surface area (Å²) >= 11 is 0. The second-order valence-electron chi connectivity index (χ2n) is 6.20. The quantitative estimate of drug-likeness (QED) is 0.388. The van der Waals surface area contributed by atoms with Crippen molar-refractivity contribution in [3.63, 3.8) is 0 Å². The van der Waals surface area contributed by atoms with E-state index in [9.17, 15) is 0 Å². The Balaban J connectivity index is 3.05. The smallest absolute Gasteiger partial charge is 0.0468 e. The van der Waals surface area contributed by atoms with Gasteiger partial charge in [0.1, 0.15) is 0 Å². The minimum atomic E-state index is 0.352. The molecule has 0 aromatic carbocycles. The van der Waals surface area contributed by atoms with Crippen LogP contribution in [0.4, 0.5) is 0 Å². The van der Waals surface area contributed by atoms with Gasteiger partial charge in [-0.25, -0.2) is 0 Å². The Morgan fingerprint density at radius 1 is 0.750 bits per heavy atom. The lowest BCUT2D eigenvalue weighted by Crippen LogP contribution is -2.03. The standard InChI is InChI=1S/C18H38O2/c1-3-4-10-13-18(2)14-17-20-16-12-9-7-5-6-8-11-15-19/h18-19H,3-17H2,1-2H3. The zero-order valence-electron chi connectivity index (χ0n) is 14.0. The zero-order chi connectivity index (χ0) is 14.9. The minimum Gasteiger partial charge on any atom is -0.396 e. The van der Waals surface area contributed by atoms with Crippen molar-refractivity contribution in [2.45, 2.75) is 90.9 Å². The third-order valence-electron chi connectivity index (χ3n) is 4.00. The maximum Gasteiger partial charge on any atom is 0.0468 e. The Labute approximate surface area is 127 Å². The van der Waals surface area contributed by atoms with Crippen LogP contribution in [-0.4, -0.2) is 24.9 Å². The maximum absolute atomic E-state index is 8.67. The number of hydrogen-bond acceptors (Lipinski definition) is 2. The highest BCUT2D eigenvalue weighted by Crippen LogP contribution is 2.13. The fraction of sp³-hybridized carbons (Fsp3) is 1.00. The first-order chi connectivity index (χ1) is 9.81. The SMILES string of the molecule is CCCCCC(C)CCOCCCCCCCCCO. The molecule has 0 aliphatic carbocycles. The molecule has 0 aliphatic rings. The van der Waals surface area contributed by atoms with E-state index in [0.717, 1.165) is 25.6 Å². The van der Waals surface area contributed by atoms with Gasteiger partial charge in [-0.3, -0.25) is 0 Å². The van der Waals surface area contributed by atoms with Crippen molar-refractivity contribution in [1.29, 1.82) is 0 Å². The van der Waals surface area contributed by atoms with Crippen molar-refractivity contribution in [2.24, 2.45) is 5.92 Å². The minimum absolute atomic E-state index is 0.352. The van der Waals surface area contributed by atoms with E-state index in [4.69, 9.17) is 9.84 Å². The average Bonchev–Trinajstić information content (AvgIpc) is 2.45. The van der Waals surface area contributed by atoms with Crippen LogP contribution in [0.15, 0.2) is 0 Å². The van der Waals surface area contributed by atoms with Crippen LogP contribution in [0.25, 0.3) is 0 Å². The highest BCUT2D eigenvalue weighted by atomic mass is 16.5. The molecule has 0 aromatic heterocycles. The van der Waals surface area contributed by atoms with E-state index in [-0.39, 0.29) is 0 Å². The lowest BCUT2D eigenvalue weighted by atomic mass is 10.0. The van der Waals surface area contributed by atoms with E-state index in [0.29, 0.717) is 6.61 Å². The summed E-state index contributed by atoms with van der Waals surface area (Å²) < 4.78 is 5.72. The molecule has 2 heteroatoms. The fourth-order valence-electron chi connectivity index (χ4n) is 2.47. The van der Waals surface area contributed by atoms with E-state index in [1.165, 1.54) is 70.6 Å². The lowest BCUT2D eigenvalue weighted by molar-refractivity contribution is 0.116. The maximum atomic E-state index is 8.67. The molecule has 0 fully saturated rings. The second kappa shape index (κ2) is 17.0. The Morgan fingerprint density at radius 2 is 1.40 bits per heavy atom. The van der Waals surface area contributed by atoms with E-state index in [2.05, 4.69) is 13.8 Å². The zero-order valence-corrected chi connectivity index (χ0v) is 14.0. The molecule has 1 atom stereocenters. The number of rotatable bonds is 16. The normalized spacial score (nSPS) is 12.8. The Hall–Kier alpha value is -0.0800. The van der Waals surface area contributed by atoms with Gasteiger partial charge in [-0.15, -0.1) is 0 Å². The van der Waals surface area contributed by atoms with E-state index >= 15 is 0 Å². The van der Waals surface area contributed by atoms with Gasteiger partial charge in [0, 0.05) is 19.8 Å². The summed E-state index contributed by atoms with van der Waals surface area (Å²) in [6.45, 7) is 6.86. The molecule has 0 aromatic rings. The van der Waals surface area contributed by atoms with Crippen molar-refractivity contribution in [1.82, 2.24) is 0 Å². The Bertz CT molecular complexity index is 171. The van der Waals surface area contributed by atoms with Gasteiger partial charge in [0.25, 0.3) is 0 Å². The van der Waals surface area contributed by atoms with Gasteiger partial charge in [-0.1, -0.05) is 71.6 Å². The average molecular weight is 286 g/mol. The number of aliphatic hydroxyl groups is 1. The molecule has 0 amide bonds. The first kappa shape index (κ1) is 19.9. The van der Waals surface area contributed by atoms with Crippen LogP contribution in [0.3, 0.4) is 0 Å². The number of unbranched alkanes of at least 4 members (excludes halogenated alkanes) is 8. The molecule has 0 spiro atoms. The molecule has 122 valence electrons. The summed E-state index contributed by atoms with van der Waals surface area (Å²) in [4.78, 5) is 0. The molecule has 0 saturated heterocycles. The third kappa shape index (κ3) is 16.0. The lowest BCUT2D eigenvalue weighted by Gasteiger charge is -2.11. The molecule has 0 radical (unpaired) electrons. The molecular formula is C18H38O2. The van der Waals surface area contributed by atoms with Crippen LogP contribution in [-0.2, 0) is 4.74 Å². The Morgan fingerprint density at radius 3 is 2.05 bits per heavy atom. The van der Waals surface area contributed by atoms with Gasteiger partial charge >= 0.3 is 0 Å². The second-order valence-corrected chi connectivity index (χ2v) is 6.20. The van der Waals surface area contributed by atoms with Crippen LogP contribution in [0.5, 0.6) is 0 Å². The predicted molar refractivity (Wildman–Crippen MR) is 88.1 cm³/mol. The van der Waals surface area contributed by atoms with Gasteiger partial charge in [0.15, 0.2) is 0 Å². The van der Waals surface area contributed by atoms with Gasteiger partial charge < -0.3 is 9.84 Å². The number of ether oxygens (including phenoxy) is 1. The van der Waals surface area contributed by atoms with Crippen molar-refractivity contribution < 1.29 is 9.84 Å². The summed E-state index contributed by atoms with van der Waals surface area (Å²) in [5.41, 5.74) is 0. The van der Waals surface area contributed by atoms with E-state index in [1.807, 2.05) is 0 Å². The first-order valence-electron chi connectivity index (χ1n) is 8.99. The van der Waals surface area contributed by atoms with E-state index < -0.39 is 0 Å².